The lowest BCUT2D eigenvalue weighted by Crippen LogP contribution is -2.08. The summed E-state index contributed by atoms with van der Waals surface area (Å²) in [7, 11) is 0. The van der Waals surface area contributed by atoms with Gasteiger partial charge in [-0.25, -0.2) is 0 Å². The van der Waals surface area contributed by atoms with E-state index in [1.54, 1.807) is 6.07 Å². The van der Waals surface area contributed by atoms with Crippen LogP contribution in [-0.2, 0) is 6.54 Å². The van der Waals surface area contributed by atoms with Crippen molar-refractivity contribution in [3.05, 3.63) is 100 Å². The highest BCUT2D eigenvalue weighted by molar-refractivity contribution is 6.30. The van der Waals surface area contributed by atoms with Gasteiger partial charge in [0.2, 0.25) is 0 Å². The second-order valence-electron chi connectivity index (χ2n) is 7.15. The van der Waals surface area contributed by atoms with Gasteiger partial charge in [-0.3, -0.25) is 14.4 Å². The number of carbonyl (C=O) groups is 1. The summed E-state index contributed by atoms with van der Waals surface area (Å²) in [4.78, 5) is 16.1. The van der Waals surface area contributed by atoms with E-state index in [1.165, 1.54) is 0 Å². The number of benzene rings is 3. The first-order valence-electron chi connectivity index (χ1n) is 9.56. The zero-order valence-electron chi connectivity index (χ0n) is 16.2. The molecule has 0 atom stereocenters. The largest absolute Gasteiger partial charge is 0.298 e. The summed E-state index contributed by atoms with van der Waals surface area (Å²) in [5.74, 6) is 1.61. The molecular weight excluding hydrogens is 396 g/mol. The van der Waals surface area contributed by atoms with Crippen molar-refractivity contribution >= 4 is 23.6 Å². The first-order valence-corrected chi connectivity index (χ1v) is 9.93. The fraction of sp³-hybridized carbons (Fsp3) is 0.0833. The van der Waals surface area contributed by atoms with Crippen molar-refractivity contribution in [3.63, 3.8) is 0 Å². The highest BCUT2D eigenvalue weighted by Gasteiger charge is 2.22. The van der Waals surface area contributed by atoms with Crippen molar-refractivity contribution < 1.29 is 4.79 Å². The monoisotopic (exact) mass is 412 g/mol. The summed E-state index contributed by atoms with van der Waals surface area (Å²) in [6.07, 6.45) is 0.861. The van der Waals surface area contributed by atoms with Crippen LogP contribution in [-0.4, -0.2) is 26.8 Å². The summed E-state index contributed by atoms with van der Waals surface area (Å²) < 4.78 is 2.05. The maximum Gasteiger partial charge on any atom is 0.159 e. The van der Waals surface area contributed by atoms with Gasteiger partial charge in [-0.1, -0.05) is 48.0 Å². The summed E-state index contributed by atoms with van der Waals surface area (Å²) >= 11 is 6.10. The number of rotatable bonds is 3. The number of aromatic nitrogens is 3. The van der Waals surface area contributed by atoms with E-state index in [9.17, 15) is 4.79 Å². The molecule has 0 bridgehead atoms. The van der Waals surface area contributed by atoms with Crippen LogP contribution in [0.3, 0.4) is 0 Å². The maximum atomic E-state index is 11.2. The van der Waals surface area contributed by atoms with Crippen LogP contribution in [0.5, 0.6) is 0 Å². The fourth-order valence-electron chi connectivity index (χ4n) is 3.80. The highest BCUT2D eigenvalue weighted by atomic mass is 35.5. The Hall–Kier alpha value is -3.57. The van der Waals surface area contributed by atoms with Crippen molar-refractivity contribution in [1.29, 1.82) is 0 Å². The van der Waals surface area contributed by atoms with Crippen LogP contribution in [0.15, 0.2) is 71.7 Å². The first kappa shape index (κ1) is 18.5. The molecule has 3 aromatic carbocycles. The third kappa shape index (κ3) is 3.13. The number of carbonyl (C=O) groups excluding carboxylic acids is 1. The van der Waals surface area contributed by atoms with Crippen LogP contribution < -0.4 is 0 Å². The number of hydrogen-bond donors (Lipinski definition) is 0. The molecule has 0 amide bonds. The number of fused-ring (bicyclic) bond motifs is 3. The van der Waals surface area contributed by atoms with Gasteiger partial charge in [0.25, 0.3) is 0 Å². The summed E-state index contributed by atoms with van der Waals surface area (Å²) in [6.45, 7) is 2.37. The summed E-state index contributed by atoms with van der Waals surface area (Å²) in [6, 6.07) is 21.5. The molecule has 1 aliphatic heterocycles. The molecule has 0 N–H and O–H groups in total. The Kier molecular flexibility index (Phi) is 4.52. The molecule has 0 spiro atoms. The Morgan fingerprint density at radius 3 is 2.50 bits per heavy atom. The van der Waals surface area contributed by atoms with Crippen LogP contribution in [0.1, 0.15) is 33.1 Å². The molecule has 0 fully saturated rings. The van der Waals surface area contributed by atoms with E-state index >= 15 is 0 Å². The number of halogens is 1. The lowest BCUT2D eigenvalue weighted by molar-refractivity contribution is 0.112. The van der Waals surface area contributed by atoms with Gasteiger partial charge in [-0.2, -0.15) is 0 Å². The van der Waals surface area contributed by atoms with E-state index in [2.05, 4.69) is 28.4 Å². The molecular formula is C24H17ClN4O. The highest BCUT2D eigenvalue weighted by Crippen LogP contribution is 2.30. The van der Waals surface area contributed by atoms with Gasteiger partial charge >= 0.3 is 0 Å². The molecule has 146 valence electrons. The van der Waals surface area contributed by atoms with E-state index < -0.39 is 0 Å². The Labute approximate surface area is 178 Å². The minimum absolute atomic E-state index is 0.434. The van der Waals surface area contributed by atoms with Gasteiger partial charge in [-0.05, 0) is 48.4 Å². The fourth-order valence-corrected chi connectivity index (χ4v) is 3.93. The predicted octanol–water partition coefficient (Wildman–Crippen LogP) is 5.06. The van der Waals surface area contributed by atoms with Crippen molar-refractivity contribution in [3.8, 4) is 16.8 Å². The average molecular weight is 413 g/mol. The molecule has 0 radical (unpaired) electrons. The van der Waals surface area contributed by atoms with Crippen molar-refractivity contribution in [2.75, 3.05) is 0 Å². The van der Waals surface area contributed by atoms with E-state index in [1.807, 2.05) is 54.0 Å². The number of nitrogens with zero attached hydrogens (tertiary/aromatic N) is 4. The molecule has 5 rings (SSSR count). The van der Waals surface area contributed by atoms with Crippen LogP contribution in [0.25, 0.3) is 16.8 Å². The van der Waals surface area contributed by atoms with Crippen LogP contribution in [0.4, 0.5) is 0 Å². The molecule has 30 heavy (non-hydrogen) atoms. The van der Waals surface area contributed by atoms with Crippen LogP contribution >= 0.6 is 11.6 Å². The quantitative estimate of drug-likeness (QED) is 0.442. The van der Waals surface area contributed by atoms with Crippen molar-refractivity contribution in [1.82, 2.24) is 14.8 Å². The number of aryl methyl sites for hydroxylation is 1. The SMILES string of the molecule is Cc1nnc2n1-c1ccc(-c3cccc(C=O)c3)cc1C(c1ccc(Cl)cc1)=NC2. The molecule has 2 heterocycles. The standard InChI is InChI=1S/C24H17ClN4O/c1-15-27-28-23-13-26-24(17-5-8-20(25)9-6-17)21-12-19(7-10-22(21)29(15)23)18-4-2-3-16(11-18)14-30/h2-12,14H,13H2,1H3. The molecule has 0 saturated heterocycles. The molecule has 4 aromatic rings. The van der Waals surface area contributed by atoms with Gasteiger partial charge in [0, 0.05) is 21.7 Å². The Morgan fingerprint density at radius 1 is 0.933 bits per heavy atom. The van der Waals surface area contributed by atoms with Gasteiger partial charge in [0.15, 0.2) is 5.82 Å². The Bertz CT molecular complexity index is 1310. The summed E-state index contributed by atoms with van der Waals surface area (Å²) in [5.41, 5.74) is 6.44. The lowest BCUT2D eigenvalue weighted by atomic mass is 9.95. The van der Waals surface area contributed by atoms with Gasteiger partial charge < -0.3 is 0 Å². The third-order valence-corrected chi connectivity index (χ3v) is 5.49. The molecule has 6 heteroatoms. The molecule has 5 nitrogen and oxygen atoms in total. The zero-order valence-corrected chi connectivity index (χ0v) is 17.0. The van der Waals surface area contributed by atoms with E-state index in [-0.39, 0.29) is 0 Å². The molecule has 0 saturated carbocycles. The summed E-state index contributed by atoms with van der Waals surface area (Å²) in [5, 5.41) is 9.23. The van der Waals surface area contributed by atoms with Crippen molar-refractivity contribution in [2.24, 2.45) is 4.99 Å². The molecule has 0 aliphatic carbocycles. The lowest BCUT2D eigenvalue weighted by Gasteiger charge is -2.15. The first-order chi connectivity index (χ1) is 14.6. The Balaban J connectivity index is 1.74. The van der Waals surface area contributed by atoms with Gasteiger partial charge in [0.1, 0.15) is 18.7 Å². The maximum absolute atomic E-state index is 11.2. The third-order valence-electron chi connectivity index (χ3n) is 5.24. The van der Waals surface area contributed by atoms with Gasteiger partial charge in [-0.15, -0.1) is 10.2 Å². The van der Waals surface area contributed by atoms with Crippen molar-refractivity contribution in [2.45, 2.75) is 13.5 Å². The van der Waals surface area contributed by atoms with E-state index in [0.29, 0.717) is 17.1 Å². The number of aldehydes is 1. The second kappa shape index (κ2) is 7.35. The smallest absolute Gasteiger partial charge is 0.159 e. The minimum Gasteiger partial charge on any atom is -0.298 e. The normalized spacial score (nSPS) is 12.5. The topological polar surface area (TPSA) is 60.1 Å². The zero-order chi connectivity index (χ0) is 20.7. The number of hydrogen-bond acceptors (Lipinski definition) is 4. The van der Waals surface area contributed by atoms with Gasteiger partial charge in [0.05, 0.1) is 11.4 Å². The molecule has 1 aliphatic rings. The average Bonchev–Trinajstić information content (AvgIpc) is 3.06. The predicted molar refractivity (Wildman–Crippen MR) is 118 cm³/mol. The number of aliphatic imine (C=N–C) groups is 1. The van der Waals surface area contributed by atoms with Crippen LogP contribution in [0.2, 0.25) is 5.02 Å². The Morgan fingerprint density at radius 2 is 1.70 bits per heavy atom. The molecule has 0 unspecified atom stereocenters. The minimum atomic E-state index is 0.434. The molecule has 1 aromatic heterocycles. The van der Waals surface area contributed by atoms with E-state index in [4.69, 9.17) is 16.6 Å². The second-order valence-corrected chi connectivity index (χ2v) is 7.58. The van der Waals surface area contributed by atoms with E-state index in [0.717, 1.165) is 51.6 Å². The van der Waals surface area contributed by atoms with Crippen LogP contribution in [0, 0.1) is 6.92 Å².